The summed E-state index contributed by atoms with van der Waals surface area (Å²) in [6.45, 7) is 2.00. The molecular formula is C15H15IN2OS. The summed E-state index contributed by atoms with van der Waals surface area (Å²) in [7, 11) is 0. The first-order valence-corrected chi connectivity index (χ1v) is 8.16. The van der Waals surface area contributed by atoms with E-state index in [2.05, 4.69) is 27.9 Å². The lowest BCUT2D eigenvalue weighted by Crippen LogP contribution is -2.14. The van der Waals surface area contributed by atoms with E-state index in [9.17, 15) is 4.79 Å². The monoisotopic (exact) mass is 398 g/mol. The molecule has 104 valence electrons. The molecule has 20 heavy (non-hydrogen) atoms. The zero-order valence-corrected chi connectivity index (χ0v) is 14.0. The highest BCUT2D eigenvalue weighted by molar-refractivity contribution is 14.1. The van der Waals surface area contributed by atoms with E-state index in [4.69, 9.17) is 5.73 Å². The molecule has 0 aliphatic rings. The summed E-state index contributed by atoms with van der Waals surface area (Å²) < 4.78 is 1.03. The van der Waals surface area contributed by atoms with Crippen LogP contribution in [0.4, 0.5) is 11.4 Å². The number of anilines is 2. The molecule has 0 bridgehead atoms. The van der Waals surface area contributed by atoms with Crippen LogP contribution < -0.4 is 11.1 Å². The number of halogens is 1. The van der Waals surface area contributed by atoms with Gasteiger partial charge in [0, 0.05) is 14.2 Å². The van der Waals surface area contributed by atoms with E-state index in [1.165, 1.54) is 11.8 Å². The molecule has 3 N–H and O–H groups in total. The lowest BCUT2D eigenvalue weighted by molar-refractivity contribution is -0.113. The summed E-state index contributed by atoms with van der Waals surface area (Å²) >= 11 is 3.73. The van der Waals surface area contributed by atoms with Gasteiger partial charge in [-0.3, -0.25) is 4.79 Å². The van der Waals surface area contributed by atoms with Gasteiger partial charge in [-0.1, -0.05) is 12.1 Å². The second-order valence-corrected chi connectivity index (χ2v) is 6.52. The van der Waals surface area contributed by atoms with E-state index in [1.54, 1.807) is 0 Å². The second kappa shape index (κ2) is 6.99. The molecule has 0 aliphatic heterocycles. The Balaban J connectivity index is 1.94. The molecule has 2 aromatic carbocycles. The maximum Gasteiger partial charge on any atom is 0.234 e. The van der Waals surface area contributed by atoms with Crippen molar-refractivity contribution >= 4 is 51.6 Å². The molecule has 0 saturated carbocycles. The van der Waals surface area contributed by atoms with Gasteiger partial charge in [0.1, 0.15) is 0 Å². The van der Waals surface area contributed by atoms with Crippen LogP contribution in [-0.4, -0.2) is 11.7 Å². The standard InChI is InChI=1S/C15H15IN2OS/c1-10-8-11(17)6-7-14(10)20-9-15(19)18-13-5-3-2-4-12(13)16/h2-8H,9,17H2,1H3,(H,18,19). The summed E-state index contributed by atoms with van der Waals surface area (Å²) in [4.78, 5) is 13.0. The van der Waals surface area contributed by atoms with Crippen molar-refractivity contribution in [3.8, 4) is 0 Å². The molecule has 2 rings (SSSR count). The summed E-state index contributed by atoms with van der Waals surface area (Å²) in [5, 5.41) is 2.92. The smallest absolute Gasteiger partial charge is 0.234 e. The molecule has 0 fully saturated rings. The van der Waals surface area contributed by atoms with E-state index in [0.29, 0.717) is 5.75 Å². The highest BCUT2D eigenvalue weighted by atomic mass is 127. The number of benzene rings is 2. The number of carbonyl (C=O) groups excluding carboxylic acids is 1. The van der Waals surface area contributed by atoms with Crippen LogP contribution in [0.1, 0.15) is 5.56 Å². The molecular weight excluding hydrogens is 383 g/mol. The van der Waals surface area contributed by atoms with Crippen LogP contribution >= 0.6 is 34.4 Å². The van der Waals surface area contributed by atoms with Crippen molar-refractivity contribution in [2.75, 3.05) is 16.8 Å². The molecule has 1 amide bonds. The Kier molecular flexibility index (Phi) is 5.31. The largest absolute Gasteiger partial charge is 0.399 e. The minimum Gasteiger partial charge on any atom is -0.399 e. The van der Waals surface area contributed by atoms with Crippen LogP contribution in [0.5, 0.6) is 0 Å². The second-order valence-electron chi connectivity index (χ2n) is 4.34. The summed E-state index contributed by atoms with van der Waals surface area (Å²) in [6, 6.07) is 13.5. The van der Waals surface area contributed by atoms with Crippen LogP contribution in [0.25, 0.3) is 0 Å². The lowest BCUT2D eigenvalue weighted by atomic mass is 10.2. The SMILES string of the molecule is Cc1cc(N)ccc1SCC(=O)Nc1ccccc1I. The van der Waals surface area contributed by atoms with Gasteiger partial charge in [0.2, 0.25) is 5.91 Å². The minimum absolute atomic E-state index is 0.00431. The zero-order valence-electron chi connectivity index (χ0n) is 11.0. The first kappa shape index (κ1) is 15.2. The van der Waals surface area contributed by atoms with E-state index < -0.39 is 0 Å². The average molecular weight is 398 g/mol. The van der Waals surface area contributed by atoms with Gasteiger partial charge in [-0.25, -0.2) is 0 Å². The first-order valence-electron chi connectivity index (χ1n) is 6.09. The number of para-hydroxylation sites is 1. The lowest BCUT2D eigenvalue weighted by Gasteiger charge is -2.08. The predicted molar refractivity (Wildman–Crippen MR) is 94.1 cm³/mol. The number of aryl methyl sites for hydroxylation is 1. The number of rotatable bonds is 4. The zero-order chi connectivity index (χ0) is 14.5. The van der Waals surface area contributed by atoms with Crippen LogP contribution in [0.15, 0.2) is 47.4 Å². The van der Waals surface area contributed by atoms with E-state index >= 15 is 0 Å². The van der Waals surface area contributed by atoms with Crippen molar-refractivity contribution < 1.29 is 4.79 Å². The quantitative estimate of drug-likeness (QED) is 0.467. The van der Waals surface area contributed by atoms with Gasteiger partial charge >= 0.3 is 0 Å². The predicted octanol–water partition coefficient (Wildman–Crippen LogP) is 3.91. The van der Waals surface area contributed by atoms with Gasteiger partial charge in [0.05, 0.1) is 11.4 Å². The molecule has 5 heteroatoms. The third kappa shape index (κ3) is 4.14. The Bertz CT molecular complexity index is 631. The summed E-state index contributed by atoms with van der Waals surface area (Å²) in [5.74, 6) is 0.380. The Labute approximate surface area is 136 Å². The molecule has 0 spiro atoms. The van der Waals surface area contributed by atoms with Gasteiger partial charge < -0.3 is 11.1 Å². The van der Waals surface area contributed by atoms with Crippen molar-refractivity contribution in [3.05, 3.63) is 51.6 Å². The average Bonchev–Trinajstić information content (AvgIpc) is 2.40. The number of hydrogen-bond acceptors (Lipinski definition) is 3. The molecule has 2 aromatic rings. The van der Waals surface area contributed by atoms with Crippen LogP contribution in [-0.2, 0) is 4.79 Å². The van der Waals surface area contributed by atoms with E-state index in [-0.39, 0.29) is 5.91 Å². The Hall–Kier alpha value is -1.21. The van der Waals surface area contributed by atoms with E-state index in [1.807, 2.05) is 49.4 Å². The highest BCUT2D eigenvalue weighted by Gasteiger charge is 2.07. The van der Waals surface area contributed by atoms with Gasteiger partial charge in [-0.15, -0.1) is 11.8 Å². The van der Waals surface area contributed by atoms with Crippen molar-refractivity contribution in [2.24, 2.45) is 0 Å². The third-order valence-electron chi connectivity index (χ3n) is 2.71. The van der Waals surface area contributed by atoms with Gasteiger partial charge in [0.25, 0.3) is 0 Å². The molecule has 0 radical (unpaired) electrons. The molecule has 0 saturated heterocycles. The van der Waals surface area contributed by atoms with Crippen molar-refractivity contribution in [2.45, 2.75) is 11.8 Å². The van der Waals surface area contributed by atoms with E-state index in [0.717, 1.165) is 25.4 Å². The minimum atomic E-state index is -0.00431. The van der Waals surface area contributed by atoms with Crippen LogP contribution in [0.2, 0.25) is 0 Å². The van der Waals surface area contributed by atoms with Crippen molar-refractivity contribution in [1.29, 1.82) is 0 Å². The van der Waals surface area contributed by atoms with Crippen LogP contribution in [0, 0.1) is 10.5 Å². The fraction of sp³-hybridized carbons (Fsp3) is 0.133. The molecule has 0 aliphatic carbocycles. The molecule has 3 nitrogen and oxygen atoms in total. The first-order chi connectivity index (χ1) is 9.56. The number of hydrogen-bond donors (Lipinski definition) is 2. The number of nitrogens with one attached hydrogen (secondary N) is 1. The van der Waals surface area contributed by atoms with Crippen molar-refractivity contribution in [1.82, 2.24) is 0 Å². The normalized spacial score (nSPS) is 10.3. The molecule has 0 heterocycles. The Morgan fingerprint density at radius 3 is 2.75 bits per heavy atom. The van der Waals surface area contributed by atoms with Gasteiger partial charge in [0.15, 0.2) is 0 Å². The maximum atomic E-state index is 12.0. The Morgan fingerprint density at radius 2 is 2.05 bits per heavy atom. The summed E-state index contributed by atoms with van der Waals surface area (Å²) in [6.07, 6.45) is 0. The summed E-state index contributed by atoms with van der Waals surface area (Å²) in [5.41, 5.74) is 8.41. The van der Waals surface area contributed by atoms with Gasteiger partial charge in [-0.2, -0.15) is 0 Å². The molecule has 0 atom stereocenters. The maximum absolute atomic E-state index is 12.0. The van der Waals surface area contributed by atoms with Crippen molar-refractivity contribution in [3.63, 3.8) is 0 Å². The number of amides is 1. The van der Waals surface area contributed by atoms with Crippen LogP contribution in [0.3, 0.4) is 0 Å². The topological polar surface area (TPSA) is 55.1 Å². The fourth-order valence-corrected chi connectivity index (χ4v) is 3.06. The number of nitrogens with two attached hydrogens (primary N) is 1. The molecule has 0 aromatic heterocycles. The number of thioether (sulfide) groups is 1. The fourth-order valence-electron chi connectivity index (χ4n) is 1.73. The molecule has 0 unspecified atom stereocenters. The number of nitrogen functional groups attached to an aromatic ring is 1. The highest BCUT2D eigenvalue weighted by Crippen LogP contribution is 2.24. The third-order valence-corrected chi connectivity index (χ3v) is 4.82. The number of carbonyl (C=O) groups is 1. The van der Waals surface area contributed by atoms with Gasteiger partial charge in [-0.05, 0) is 65.4 Å². The Morgan fingerprint density at radius 1 is 1.30 bits per heavy atom.